The van der Waals surface area contributed by atoms with Gasteiger partial charge in [0.15, 0.2) is 0 Å². The predicted molar refractivity (Wildman–Crippen MR) is 70.5 cm³/mol. The summed E-state index contributed by atoms with van der Waals surface area (Å²) >= 11 is 0. The Bertz CT molecular complexity index is 734. The van der Waals surface area contributed by atoms with E-state index in [9.17, 15) is 8.42 Å². The first-order valence-electron chi connectivity index (χ1n) is 5.44. The van der Waals surface area contributed by atoms with Crippen LogP contribution in [0, 0.1) is 11.3 Å². The van der Waals surface area contributed by atoms with E-state index in [1.54, 1.807) is 0 Å². The van der Waals surface area contributed by atoms with Gasteiger partial charge in [0.05, 0.1) is 41.7 Å². The Hall–Kier alpha value is -2.66. The highest BCUT2D eigenvalue weighted by Crippen LogP contribution is 2.16. The number of nitriles is 1. The second kappa shape index (κ2) is 5.54. The Morgan fingerprint density at radius 3 is 2.30 bits per heavy atom. The summed E-state index contributed by atoms with van der Waals surface area (Å²) in [4.78, 5) is 7.65. The normalized spacial score (nSPS) is 10.6. The van der Waals surface area contributed by atoms with Gasteiger partial charge in [-0.1, -0.05) is 0 Å². The molecule has 1 N–H and O–H groups in total. The van der Waals surface area contributed by atoms with Gasteiger partial charge in [0.25, 0.3) is 10.0 Å². The number of nitrogens with one attached hydrogen (secondary N) is 1. The van der Waals surface area contributed by atoms with E-state index in [0.717, 1.165) is 0 Å². The first-order valence-corrected chi connectivity index (χ1v) is 6.92. The van der Waals surface area contributed by atoms with Gasteiger partial charge < -0.3 is 4.74 Å². The molecule has 102 valence electrons. The summed E-state index contributed by atoms with van der Waals surface area (Å²) in [5, 5.41) is 8.67. The zero-order valence-corrected chi connectivity index (χ0v) is 11.3. The van der Waals surface area contributed by atoms with E-state index < -0.39 is 10.0 Å². The molecule has 7 nitrogen and oxygen atoms in total. The number of sulfonamides is 1. The number of methoxy groups -OCH3 is 1. The Balaban J connectivity index is 2.23. The third kappa shape index (κ3) is 3.02. The van der Waals surface area contributed by atoms with Crippen LogP contribution in [0.2, 0.25) is 0 Å². The topological polar surface area (TPSA) is 105 Å². The van der Waals surface area contributed by atoms with Gasteiger partial charge in [0, 0.05) is 0 Å². The van der Waals surface area contributed by atoms with Crippen LogP contribution in [0.4, 0.5) is 5.69 Å². The first kappa shape index (κ1) is 13.8. The predicted octanol–water partition coefficient (Wildman–Crippen LogP) is 1.16. The van der Waals surface area contributed by atoms with Gasteiger partial charge in [0.1, 0.15) is 0 Å². The minimum Gasteiger partial charge on any atom is -0.467 e. The molecule has 8 heteroatoms. The molecule has 0 saturated carbocycles. The van der Waals surface area contributed by atoms with E-state index in [4.69, 9.17) is 10.00 Å². The minimum atomic E-state index is -3.74. The molecule has 0 aliphatic heterocycles. The van der Waals surface area contributed by atoms with Crippen molar-refractivity contribution < 1.29 is 13.2 Å². The van der Waals surface area contributed by atoms with Crippen molar-refractivity contribution in [3.8, 4) is 12.1 Å². The van der Waals surface area contributed by atoms with Gasteiger partial charge >= 0.3 is 6.01 Å². The maximum Gasteiger partial charge on any atom is 0.316 e. The number of nitrogens with zero attached hydrogens (tertiary/aromatic N) is 3. The Morgan fingerprint density at radius 2 is 1.80 bits per heavy atom. The van der Waals surface area contributed by atoms with Crippen molar-refractivity contribution in [2.24, 2.45) is 0 Å². The molecule has 0 saturated heterocycles. The van der Waals surface area contributed by atoms with E-state index in [-0.39, 0.29) is 16.6 Å². The van der Waals surface area contributed by atoms with Crippen molar-refractivity contribution in [2.75, 3.05) is 11.8 Å². The molecular weight excluding hydrogens is 280 g/mol. The summed E-state index contributed by atoms with van der Waals surface area (Å²) in [5.41, 5.74) is 0.604. The fourth-order valence-electron chi connectivity index (χ4n) is 1.40. The van der Waals surface area contributed by atoms with Crippen LogP contribution in [0.3, 0.4) is 0 Å². The average molecular weight is 290 g/mol. The highest BCUT2D eigenvalue weighted by molar-refractivity contribution is 7.92. The Labute approximate surface area is 115 Å². The van der Waals surface area contributed by atoms with Crippen molar-refractivity contribution in [3.05, 3.63) is 42.2 Å². The van der Waals surface area contributed by atoms with E-state index in [2.05, 4.69) is 14.7 Å². The molecule has 1 heterocycles. The molecule has 1 aromatic carbocycles. The van der Waals surface area contributed by atoms with Crippen LogP contribution in [0.5, 0.6) is 6.01 Å². The summed E-state index contributed by atoms with van der Waals surface area (Å²) in [6.45, 7) is 0. The maximum atomic E-state index is 12.1. The summed E-state index contributed by atoms with van der Waals surface area (Å²) in [6, 6.07) is 7.63. The quantitative estimate of drug-likeness (QED) is 0.905. The lowest BCUT2D eigenvalue weighted by molar-refractivity contribution is 0.380. The van der Waals surface area contributed by atoms with E-state index in [1.165, 1.54) is 43.8 Å². The van der Waals surface area contributed by atoms with Crippen LogP contribution in [0.1, 0.15) is 5.56 Å². The van der Waals surface area contributed by atoms with Crippen LogP contribution >= 0.6 is 0 Å². The monoisotopic (exact) mass is 290 g/mol. The molecular formula is C12H10N4O3S. The standard InChI is InChI=1S/C12H10N4O3S/c1-19-12-14-7-10(8-15-12)16-20(17,18)11-4-2-9(6-13)3-5-11/h2-5,7-8,16H,1H3. The number of aromatic nitrogens is 2. The van der Waals surface area contributed by atoms with Crippen LogP contribution in [0.25, 0.3) is 0 Å². The van der Waals surface area contributed by atoms with Crippen molar-refractivity contribution in [3.63, 3.8) is 0 Å². The Morgan fingerprint density at radius 1 is 1.20 bits per heavy atom. The number of hydrogen-bond acceptors (Lipinski definition) is 6. The molecule has 0 amide bonds. The lowest BCUT2D eigenvalue weighted by atomic mass is 10.2. The smallest absolute Gasteiger partial charge is 0.316 e. The molecule has 20 heavy (non-hydrogen) atoms. The number of benzene rings is 1. The zero-order valence-electron chi connectivity index (χ0n) is 10.4. The second-order valence-corrected chi connectivity index (χ2v) is 5.38. The fraction of sp³-hybridized carbons (Fsp3) is 0.0833. The SMILES string of the molecule is COc1ncc(NS(=O)(=O)c2ccc(C#N)cc2)cn1. The van der Waals surface area contributed by atoms with Crippen LogP contribution in [-0.2, 0) is 10.0 Å². The Kier molecular flexibility index (Phi) is 3.81. The van der Waals surface area contributed by atoms with Gasteiger partial charge in [-0.2, -0.15) is 5.26 Å². The maximum absolute atomic E-state index is 12.1. The third-order valence-electron chi connectivity index (χ3n) is 2.36. The second-order valence-electron chi connectivity index (χ2n) is 3.70. The largest absolute Gasteiger partial charge is 0.467 e. The number of anilines is 1. The lowest BCUT2D eigenvalue weighted by Crippen LogP contribution is -2.13. The average Bonchev–Trinajstić information content (AvgIpc) is 2.48. The van der Waals surface area contributed by atoms with Gasteiger partial charge in [0.2, 0.25) is 0 Å². The molecule has 1 aromatic heterocycles. The van der Waals surface area contributed by atoms with Gasteiger partial charge in [-0.3, -0.25) is 4.72 Å². The summed E-state index contributed by atoms with van der Waals surface area (Å²) in [7, 11) is -2.33. The molecule has 2 aromatic rings. The van der Waals surface area contributed by atoms with Gasteiger partial charge in [-0.15, -0.1) is 0 Å². The highest BCUT2D eigenvalue weighted by atomic mass is 32.2. The van der Waals surface area contributed by atoms with Crippen molar-refractivity contribution in [1.29, 1.82) is 5.26 Å². The highest BCUT2D eigenvalue weighted by Gasteiger charge is 2.14. The number of ether oxygens (including phenoxy) is 1. The lowest BCUT2D eigenvalue weighted by Gasteiger charge is -2.07. The van der Waals surface area contributed by atoms with Crippen molar-refractivity contribution >= 4 is 15.7 Å². The molecule has 2 rings (SSSR count). The van der Waals surface area contributed by atoms with Crippen molar-refractivity contribution in [1.82, 2.24) is 9.97 Å². The zero-order chi connectivity index (χ0) is 14.6. The molecule has 0 bridgehead atoms. The number of hydrogen-bond donors (Lipinski definition) is 1. The molecule has 0 unspecified atom stereocenters. The van der Waals surface area contributed by atoms with E-state index >= 15 is 0 Å². The molecule has 0 aliphatic rings. The third-order valence-corrected chi connectivity index (χ3v) is 3.75. The van der Waals surface area contributed by atoms with E-state index in [0.29, 0.717) is 5.56 Å². The summed E-state index contributed by atoms with van der Waals surface area (Å²) in [5.74, 6) is 0. The molecule has 0 radical (unpaired) electrons. The molecule has 0 aliphatic carbocycles. The number of rotatable bonds is 4. The van der Waals surface area contributed by atoms with Gasteiger partial charge in [-0.25, -0.2) is 18.4 Å². The molecule has 0 atom stereocenters. The summed E-state index contributed by atoms with van der Waals surface area (Å²) < 4.78 is 31.3. The summed E-state index contributed by atoms with van der Waals surface area (Å²) in [6.07, 6.45) is 2.60. The van der Waals surface area contributed by atoms with Crippen LogP contribution < -0.4 is 9.46 Å². The van der Waals surface area contributed by atoms with Gasteiger partial charge in [-0.05, 0) is 24.3 Å². The first-order chi connectivity index (χ1) is 9.55. The van der Waals surface area contributed by atoms with Crippen LogP contribution in [-0.4, -0.2) is 25.5 Å². The molecule has 0 fully saturated rings. The van der Waals surface area contributed by atoms with Crippen molar-refractivity contribution in [2.45, 2.75) is 4.90 Å². The fourth-order valence-corrected chi connectivity index (χ4v) is 2.42. The molecule has 0 spiro atoms. The van der Waals surface area contributed by atoms with E-state index in [1.807, 2.05) is 6.07 Å². The minimum absolute atomic E-state index is 0.0484. The van der Waals surface area contributed by atoms with Crippen LogP contribution in [0.15, 0.2) is 41.6 Å².